The number of hydrogen-bond acceptors (Lipinski definition) is 4. The van der Waals surface area contributed by atoms with Crippen LogP contribution in [0.15, 0.2) is 36.4 Å². The summed E-state index contributed by atoms with van der Waals surface area (Å²) in [5, 5.41) is 5.23. The molecule has 2 aromatic rings. The third-order valence-electron chi connectivity index (χ3n) is 9.18. The van der Waals surface area contributed by atoms with Gasteiger partial charge >= 0.3 is 6.03 Å². The number of fused-ring (bicyclic) bond motifs is 1. The molecule has 204 valence electrons. The molecule has 8 nitrogen and oxygen atoms in total. The maximum Gasteiger partial charge on any atom is 0.324 e. The van der Waals surface area contributed by atoms with Crippen molar-refractivity contribution in [2.45, 2.75) is 62.9 Å². The lowest BCUT2D eigenvalue weighted by atomic mass is 9.74. The van der Waals surface area contributed by atoms with E-state index in [0.29, 0.717) is 36.9 Å². The summed E-state index contributed by atoms with van der Waals surface area (Å²) < 4.78 is 28.1. The molecule has 2 aliphatic heterocycles. The number of rotatable bonds is 4. The van der Waals surface area contributed by atoms with E-state index >= 15 is 0 Å². The van der Waals surface area contributed by atoms with Gasteiger partial charge in [-0.2, -0.15) is 0 Å². The van der Waals surface area contributed by atoms with Gasteiger partial charge in [0.1, 0.15) is 23.7 Å². The van der Waals surface area contributed by atoms with Gasteiger partial charge in [-0.3, -0.25) is 19.7 Å². The van der Waals surface area contributed by atoms with Gasteiger partial charge in [-0.25, -0.2) is 13.6 Å². The molecule has 39 heavy (non-hydrogen) atoms. The first-order chi connectivity index (χ1) is 18.6. The number of benzene rings is 2. The lowest BCUT2D eigenvalue weighted by Crippen LogP contribution is -2.51. The Morgan fingerprint density at radius 1 is 1.00 bits per heavy atom. The molecule has 4 aliphatic rings. The van der Waals surface area contributed by atoms with Crippen molar-refractivity contribution in [3.8, 4) is 0 Å². The fourth-order valence-electron chi connectivity index (χ4n) is 7.06. The predicted molar refractivity (Wildman–Crippen MR) is 137 cm³/mol. The predicted octanol–water partition coefficient (Wildman–Crippen LogP) is 3.85. The molecule has 10 heteroatoms. The molecule has 2 saturated heterocycles. The highest BCUT2D eigenvalue weighted by atomic mass is 19.1. The number of imide groups is 1. The number of nitrogens with one attached hydrogen (secondary N) is 2. The number of anilines is 1. The maximum absolute atomic E-state index is 14.1. The highest BCUT2D eigenvalue weighted by Gasteiger charge is 2.54. The van der Waals surface area contributed by atoms with Crippen LogP contribution >= 0.6 is 0 Å². The molecule has 5 amide bonds. The summed E-state index contributed by atoms with van der Waals surface area (Å²) in [5.74, 6) is -2.32. The van der Waals surface area contributed by atoms with Crippen LogP contribution in [0.5, 0.6) is 0 Å². The van der Waals surface area contributed by atoms with E-state index in [1.165, 1.54) is 21.9 Å². The zero-order chi connectivity index (χ0) is 27.5. The van der Waals surface area contributed by atoms with Gasteiger partial charge in [-0.05, 0) is 66.6 Å². The average Bonchev–Trinajstić information content (AvgIpc) is 3.56. The molecule has 0 bridgehead atoms. The van der Waals surface area contributed by atoms with Crippen molar-refractivity contribution in [2.24, 2.45) is 5.41 Å². The molecule has 6 rings (SSSR count). The van der Waals surface area contributed by atoms with Gasteiger partial charge in [-0.15, -0.1) is 0 Å². The Balaban J connectivity index is 1.22. The Kier molecular flexibility index (Phi) is 5.96. The standard InChI is InChI=1S/C29H30F2N4O4/c1-34-27(39)33-25(37)29(34)14-17-4-5-22(12-19(17)15-29)32-24(36)16-35-23(18-10-20(30)13-21(31)11-18)6-9-28(26(35)38)7-2-3-8-28/h4-5,10-13,23H,2-3,6-9,14-16H2,1H3,(H,32,36)(H,33,37,39)/t23-,29-/m0/s1. The molecule has 2 aliphatic carbocycles. The van der Waals surface area contributed by atoms with Gasteiger partial charge in [0.2, 0.25) is 11.8 Å². The first-order valence-electron chi connectivity index (χ1n) is 13.4. The second kappa shape index (κ2) is 9.14. The summed E-state index contributed by atoms with van der Waals surface area (Å²) in [5.41, 5.74) is 1.15. The lowest BCUT2D eigenvalue weighted by Gasteiger charge is -2.44. The van der Waals surface area contributed by atoms with E-state index in [1.807, 2.05) is 6.07 Å². The van der Waals surface area contributed by atoms with Crippen molar-refractivity contribution in [3.63, 3.8) is 0 Å². The number of likely N-dealkylation sites (tertiary alicyclic amines) is 1. The molecule has 2 spiro atoms. The smallest absolute Gasteiger partial charge is 0.324 e. The minimum absolute atomic E-state index is 0.132. The van der Waals surface area contributed by atoms with E-state index in [2.05, 4.69) is 10.6 Å². The summed E-state index contributed by atoms with van der Waals surface area (Å²) in [6, 6.07) is 7.59. The Bertz CT molecular complexity index is 1390. The number of carbonyl (C=O) groups is 4. The van der Waals surface area contributed by atoms with E-state index in [9.17, 15) is 28.0 Å². The Morgan fingerprint density at radius 2 is 1.69 bits per heavy atom. The Labute approximate surface area is 224 Å². The van der Waals surface area contributed by atoms with Crippen LogP contribution in [0.3, 0.4) is 0 Å². The molecule has 1 saturated carbocycles. The zero-order valence-corrected chi connectivity index (χ0v) is 21.7. The van der Waals surface area contributed by atoms with Crippen molar-refractivity contribution in [3.05, 3.63) is 64.7 Å². The second-order valence-electron chi connectivity index (χ2n) is 11.4. The summed E-state index contributed by atoms with van der Waals surface area (Å²) in [6.07, 6.45) is 5.28. The van der Waals surface area contributed by atoms with Crippen molar-refractivity contribution >= 4 is 29.4 Å². The SMILES string of the molecule is CN1C(=O)NC(=O)[C@@]12Cc1ccc(NC(=O)CN3C(=O)C4(CCCC4)CC[C@H]3c3cc(F)cc(F)c3)cc1C2. The third kappa shape index (κ3) is 4.17. The van der Waals surface area contributed by atoms with Gasteiger partial charge in [-0.1, -0.05) is 18.9 Å². The van der Waals surface area contributed by atoms with E-state index < -0.39 is 40.6 Å². The van der Waals surface area contributed by atoms with Crippen molar-refractivity contribution in [1.29, 1.82) is 0 Å². The Hall–Kier alpha value is -3.82. The minimum atomic E-state index is -0.967. The lowest BCUT2D eigenvalue weighted by molar-refractivity contribution is -0.152. The van der Waals surface area contributed by atoms with Crippen LogP contribution in [-0.4, -0.2) is 52.7 Å². The zero-order valence-electron chi connectivity index (χ0n) is 21.7. The van der Waals surface area contributed by atoms with Crippen molar-refractivity contribution in [2.75, 3.05) is 18.9 Å². The van der Waals surface area contributed by atoms with Crippen LogP contribution in [0.4, 0.5) is 19.3 Å². The van der Waals surface area contributed by atoms with Gasteiger partial charge in [0.25, 0.3) is 5.91 Å². The average molecular weight is 537 g/mol. The molecule has 2 atom stereocenters. The van der Waals surface area contributed by atoms with Crippen LogP contribution in [0.1, 0.15) is 61.3 Å². The fraction of sp³-hybridized carbons (Fsp3) is 0.448. The van der Waals surface area contributed by atoms with E-state index in [-0.39, 0.29) is 18.4 Å². The van der Waals surface area contributed by atoms with Gasteiger partial charge in [0.15, 0.2) is 0 Å². The highest BCUT2D eigenvalue weighted by Crippen LogP contribution is 2.50. The molecule has 2 N–H and O–H groups in total. The monoisotopic (exact) mass is 536 g/mol. The summed E-state index contributed by atoms with van der Waals surface area (Å²) >= 11 is 0. The van der Waals surface area contributed by atoms with Crippen molar-refractivity contribution in [1.82, 2.24) is 15.1 Å². The van der Waals surface area contributed by atoms with Crippen LogP contribution in [0, 0.1) is 17.0 Å². The van der Waals surface area contributed by atoms with Gasteiger partial charge in [0.05, 0.1) is 6.04 Å². The molecule has 0 radical (unpaired) electrons. The van der Waals surface area contributed by atoms with Crippen molar-refractivity contribution < 1.29 is 28.0 Å². The highest BCUT2D eigenvalue weighted by molar-refractivity contribution is 6.07. The first kappa shape index (κ1) is 25.5. The number of nitrogens with zero attached hydrogens (tertiary/aromatic N) is 2. The number of halogens is 2. The van der Waals surface area contributed by atoms with E-state index in [1.54, 1.807) is 19.2 Å². The topological polar surface area (TPSA) is 98.8 Å². The first-order valence-corrected chi connectivity index (χ1v) is 13.4. The Morgan fingerprint density at radius 3 is 2.36 bits per heavy atom. The van der Waals surface area contributed by atoms with Crippen LogP contribution in [-0.2, 0) is 27.2 Å². The normalized spacial score (nSPS) is 25.5. The summed E-state index contributed by atoms with van der Waals surface area (Å²) in [6.45, 7) is -0.246. The van der Waals surface area contributed by atoms with Crippen LogP contribution in [0.2, 0.25) is 0 Å². The van der Waals surface area contributed by atoms with Crippen LogP contribution < -0.4 is 10.6 Å². The molecule has 2 aromatic carbocycles. The number of likely N-dealkylation sites (N-methyl/N-ethyl adjacent to an activating group) is 1. The maximum atomic E-state index is 14.1. The number of hydrogen-bond donors (Lipinski definition) is 2. The van der Waals surface area contributed by atoms with Crippen LogP contribution in [0.25, 0.3) is 0 Å². The van der Waals surface area contributed by atoms with E-state index in [4.69, 9.17) is 0 Å². The fourth-order valence-corrected chi connectivity index (χ4v) is 7.06. The molecule has 0 aromatic heterocycles. The molecule has 0 unspecified atom stereocenters. The minimum Gasteiger partial charge on any atom is -0.326 e. The molecule has 3 fully saturated rings. The molecular weight excluding hydrogens is 506 g/mol. The number of piperidine rings is 1. The molecular formula is C29H30F2N4O4. The molecule has 2 heterocycles. The quantitative estimate of drug-likeness (QED) is 0.580. The third-order valence-corrected chi connectivity index (χ3v) is 9.18. The second-order valence-corrected chi connectivity index (χ2v) is 11.4. The number of carbonyl (C=O) groups excluding carboxylic acids is 4. The largest absolute Gasteiger partial charge is 0.326 e. The van der Waals surface area contributed by atoms with Gasteiger partial charge < -0.3 is 15.1 Å². The summed E-state index contributed by atoms with van der Waals surface area (Å²) in [7, 11) is 1.60. The van der Waals surface area contributed by atoms with Gasteiger partial charge in [0, 0.05) is 37.1 Å². The number of urea groups is 1. The van der Waals surface area contributed by atoms with E-state index in [0.717, 1.165) is 42.9 Å². The summed E-state index contributed by atoms with van der Waals surface area (Å²) in [4.78, 5) is 54.6. The number of amides is 5.